The van der Waals surface area contributed by atoms with Gasteiger partial charge in [-0.1, -0.05) is 6.07 Å². The first kappa shape index (κ1) is 11.9. The minimum absolute atomic E-state index is 0.0377. The van der Waals surface area contributed by atoms with Crippen molar-refractivity contribution in [3.05, 3.63) is 58.8 Å². The topological polar surface area (TPSA) is 25.2 Å². The van der Waals surface area contributed by atoms with Crippen LogP contribution in [0.2, 0.25) is 0 Å². The molecule has 0 saturated heterocycles. The van der Waals surface area contributed by atoms with Crippen molar-refractivity contribution < 1.29 is 8.81 Å². The van der Waals surface area contributed by atoms with Gasteiger partial charge in [0.25, 0.3) is 0 Å². The summed E-state index contributed by atoms with van der Waals surface area (Å²) in [5.74, 6) is 1.51. The van der Waals surface area contributed by atoms with E-state index in [0.717, 1.165) is 22.6 Å². The summed E-state index contributed by atoms with van der Waals surface area (Å²) in [6.45, 7) is 3.81. The molecular formula is C14H16FNO. The van der Waals surface area contributed by atoms with Gasteiger partial charge in [0.05, 0.1) is 6.04 Å². The number of halogens is 1. The predicted molar refractivity (Wildman–Crippen MR) is 65.5 cm³/mol. The Morgan fingerprint density at radius 2 is 1.94 bits per heavy atom. The predicted octanol–water partition coefficient (Wildman–Crippen LogP) is 3.34. The normalized spacial score (nSPS) is 12.7. The molecule has 0 aliphatic heterocycles. The lowest BCUT2D eigenvalue weighted by atomic mass is 9.99. The van der Waals surface area contributed by atoms with Crippen molar-refractivity contribution in [2.24, 2.45) is 0 Å². The molecule has 2 rings (SSSR count). The molecule has 0 fully saturated rings. The molecule has 0 spiro atoms. The third kappa shape index (κ3) is 2.39. The smallest absolute Gasteiger partial charge is 0.125 e. The van der Waals surface area contributed by atoms with Gasteiger partial charge in [0.15, 0.2) is 0 Å². The van der Waals surface area contributed by atoms with Crippen LogP contribution in [0.4, 0.5) is 4.39 Å². The summed E-state index contributed by atoms with van der Waals surface area (Å²) in [5, 5.41) is 3.19. The molecule has 0 bridgehead atoms. The molecular weight excluding hydrogens is 217 g/mol. The minimum atomic E-state index is -0.211. The van der Waals surface area contributed by atoms with Crippen molar-refractivity contribution in [1.82, 2.24) is 5.32 Å². The van der Waals surface area contributed by atoms with Crippen LogP contribution in [-0.2, 0) is 0 Å². The van der Waals surface area contributed by atoms with Crippen LogP contribution in [0.25, 0.3) is 0 Å². The van der Waals surface area contributed by atoms with E-state index in [1.54, 1.807) is 6.07 Å². The zero-order valence-electron chi connectivity index (χ0n) is 10.3. The third-order valence-corrected chi connectivity index (χ3v) is 2.88. The van der Waals surface area contributed by atoms with Crippen LogP contribution in [0.1, 0.15) is 28.7 Å². The lowest BCUT2D eigenvalue weighted by molar-refractivity contribution is 0.443. The fraction of sp³-hybridized carbons (Fsp3) is 0.286. The molecule has 1 aromatic heterocycles. The summed E-state index contributed by atoms with van der Waals surface area (Å²) >= 11 is 0. The summed E-state index contributed by atoms with van der Waals surface area (Å²) < 4.78 is 18.7. The van der Waals surface area contributed by atoms with Crippen LogP contribution >= 0.6 is 0 Å². The molecule has 1 atom stereocenters. The van der Waals surface area contributed by atoms with Crippen molar-refractivity contribution in [2.75, 3.05) is 7.05 Å². The van der Waals surface area contributed by atoms with E-state index in [9.17, 15) is 4.39 Å². The van der Waals surface area contributed by atoms with Gasteiger partial charge in [-0.05, 0) is 56.3 Å². The molecule has 3 heteroatoms. The SMILES string of the molecule is CNC(c1ccc(C)o1)c1ccc(F)cc1C. The summed E-state index contributed by atoms with van der Waals surface area (Å²) in [6.07, 6.45) is 0. The second kappa shape index (κ2) is 4.72. The van der Waals surface area contributed by atoms with E-state index in [4.69, 9.17) is 4.42 Å². The summed E-state index contributed by atoms with van der Waals surface area (Å²) in [6, 6.07) is 8.64. The molecule has 2 nitrogen and oxygen atoms in total. The zero-order valence-corrected chi connectivity index (χ0v) is 10.3. The Bertz CT molecular complexity index is 519. The Hall–Kier alpha value is -1.61. The Kier molecular flexibility index (Phi) is 3.29. The summed E-state index contributed by atoms with van der Waals surface area (Å²) in [5.41, 5.74) is 1.95. The quantitative estimate of drug-likeness (QED) is 0.879. The second-order valence-corrected chi connectivity index (χ2v) is 4.17. The molecule has 0 amide bonds. The Morgan fingerprint density at radius 3 is 2.47 bits per heavy atom. The average molecular weight is 233 g/mol. The van der Waals surface area contributed by atoms with Gasteiger partial charge in [-0.3, -0.25) is 0 Å². The monoisotopic (exact) mass is 233 g/mol. The van der Waals surface area contributed by atoms with Gasteiger partial charge in [0, 0.05) is 0 Å². The zero-order chi connectivity index (χ0) is 12.4. The molecule has 0 saturated carbocycles. The number of aryl methyl sites for hydroxylation is 2. The minimum Gasteiger partial charge on any atom is -0.464 e. The average Bonchev–Trinajstić information content (AvgIpc) is 2.69. The van der Waals surface area contributed by atoms with Crippen molar-refractivity contribution in [3.63, 3.8) is 0 Å². The van der Waals surface area contributed by atoms with Gasteiger partial charge < -0.3 is 9.73 Å². The van der Waals surface area contributed by atoms with Crippen LogP contribution in [0.5, 0.6) is 0 Å². The maximum absolute atomic E-state index is 13.1. The first-order valence-corrected chi connectivity index (χ1v) is 5.61. The number of nitrogens with one attached hydrogen (secondary N) is 1. The maximum Gasteiger partial charge on any atom is 0.125 e. The van der Waals surface area contributed by atoms with E-state index in [-0.39, 0.29) is 11.9 Å². The highest BCUT2D eigenvalue weighted by atomic mass is 19.1. The standard InChI is InChI=1S/C14H16FNO/c1-9-8-11(15)5-6-12(9)14(16-3)13-7-4-10(2)17-13/h4-8,14,16H,1-3H3. The van der Waals surface area contributed by atoms with Gasteiger partial charge in [0.1, 0.15) is 17.3 Å². The highest BCUT2D eigenvalue weighted by molar-refractivity contribution is 5.34. The van der Waals surface area contributed by atoms with Crippen LogP contribution < -0.4 is 5.32 Å². The van der Waals surface area contributed by atoms with E-state index in [0.29, 0.717) is 0 Å². The number of rotatable bonds is 3. The lowest BCUT2D eigenvalue weighted by Gasteiger charge is -2.16. The first-order chi connectivity index (χ1) is 8.11. The van der Waals surface area contributed by atoms with Crippen LogP contribution in [0.15, 0.2) is 34.7 Å². The van der Waals surface area contributed by atoms with E-state index in [1.807, 2.05) is 33.0 Å². The summed E-state index contributed by atoms with van der Waals surface area (Å²) in [7, 11) is 1.87. The fourth-order valence-corrected chi connectivity index (χ4v) is 2.02. The molecule has 1 heterocycles. The Labute approximate surface area is 100 Å². The van der Waals surface area contributed by atoms with Crippen molar-refractivity contribution in [1.29, 1.82) is 0 Å². The number of hydrogen-bond acceptors (Lipinski definition) is 2. The maximum atomic E-state index is 13.1. The number of hydrogen-bond donors (Lipinski definition) is 1. The molecule has 90 valence electrons. The van der Waals surface area contributed by atoms with Crippen LogP contribution in [0, 0.1) is 19.7 Å². The third-order valence-electron chi connectivity index (χ3n) is 2.88. The van der Waals surface area contributed by atoms with Crippen molar-refractivity contribution in [3.8, 4) is 0 Å². The number of furan rings is 1. The van der Waals surface area contributed by atoms with E-state index in [1.165, 1.54) is 12.1 Å². The largest absolute Gasteiger partial charge is 0.464 e. The number of benzene rings is 1. The van der Waals surface area contributed by atoms with Crippen molar-refractivity contribution >= 4 is 0 Å². The van der Waals surface area contributed by atoms with E-state index in [2.05, 4.69) is 5.32 Å². The summed E-state index contributed by atoms with van der Waals surface area (Å²) in [4.78, 5) is 0. The molecule has 0 radical (unpaired) electrons. The van der Waals surface area contributed by atoms with Gasteiger partial charge >= 0.3 is 0 Å². The van der Waals surface area contributed by atoms with E-state index >= 15 is 0 Å². The first-order valence-electron chi connectivity index (χ1n) is 5.61. The fourth-order valence-electron chi connectivity index (χ4n) is 2.02. The molecule has 17 heavy (non-hydrogen) atoms. The van der Waals surface area contributed by atoms with E-state index < -0.39 is 0 Å². The molecule has 0 aliphatic carbocycles. The van der Waals surface area contributed by atoms with Gasteiger partial charge in [-0.2, -0.15) is 0 Å². The van der Waals surface area contributed by atoms with Crippen molar-refractivity contribution in [2.45, 2.75) is 19.9 Å². The highest BCUT2D eigenvalue weighted by Crippen LogP contribution is 2.26. The molecule has 0 aliphatic rings. The Balaban J connectivity index is 2.42. The second-order valence-electron chi connectivity index (χ2n) is 4.17. The molecule has 1 N–H and O–H groups in total. The molecule has 1 unspecified atom stereocenters. The molecule has 2 aromatic rings. The van der Waals surface area contributed by atoms with Gasteiger partial charge in [0.2, 0.25) is 0 Å². The Morgan fingerprint density at radius 1 is 1.18 bits per heavy atom. The highest BCUT2D eigenvalue weighted by Gasteiger charge is 2.17. The lowest BCUT2D eigenvalue weighted by Crippen LogP contribution is -2.18. The molecule has 1 aromatic carbocycles. The van der Waals surface area contributed by atoms with Gasteiger partial charge in [-0.15, -0.1) is 0 Å². The van der Waals surface area contributed by atoms with Gasteiger partial charge in [-0.25, -0.2) is 4.39 Å². The van der Waals surface area contributed by atoms with Crippen LogP contribution in [0.3, 0.4) is 0 Å². The van der Waals surface area contributed by atoms with Crippen LogP contribution in [-0.4, -0.2) is 7.05 Å².